The summed E-state index contributed by atoms with van der Waals surface area (Å²) in [6.07, 6.45) is 23.6. The van der Waals surface area contributed by atoms with Gasteiger partial charge in [-0.2, -0.15) is 0 Å². The van der Waals surface area contributed by atoms with Gasteiger partial charge < -0.3 is 0 Å². The molecule has 208 valence electrons. The molecule has 42 heavy (non-hydrogen) atoms. The topological polar surface area (TPSA) is 0 Å². The average Bonchev–Trinajstić information content (AvgIpc) is 3.04. The third-order valence-electron chi connectivity index (χ3n) is 7.61. The first-order chi connectivity index (χ1) is 20.4. The molecule has 4 fully saturated rings. The van der Waals surface area contributed by atoms with E-state index in [1.54, 1.807) is 14.3 Å². The molecule has 10 heteroatoms. The molecule has 0 atom stereocenters. The normalized spacial score (nSPS) is 29.1. The Kier molecular flexibility index (Phi) is 9.54. The van der Waals surface area contributed by atoms with Gasteiger partial charge in [0.2, 0.25) is 0 Å². The van der Waals surface area contributed by atoms with Crippen LogP contribution in [0.2, 0.25) is 0 Å². The number of benzene rings is 4. The third-order valence-corrected chi connectivity index (χ3v) is 525. The molecule has 0 spiro atoms. The summed E-state index contributed by atoms with van der Waals surface area (Å²) in [6, 6.07) is 38.7. The predicted octanol–water partition coefficient (Wildman–Crippen LogP) is 8.38. The van der Waals surface area contributed by atoms with E-state index in [2.05, 4.69) is 160 Å². The van der Waals surface area contributed by atoms with Crippen molar-refractivity contribution in [1.29, 1.82) is 0 Å². The maximum atomic E-state index is 4.05. The van der Waals surface area contributed by atoms with E-state index in [9.17, 15) is 0 Å². The standard InChI is InChI=1S/4C8H7.6S.4Sn/c4*1-2-8-6-4-3-5-7-8;;;;;;;;;;/h4*2,4-7H,1H2;;;;;;;;;;. The van der Waals surface area contributed by atoms with Crippen molar-refractivity contribution in [1.82, 2.24) is 0 Å². The fourth-order valence-electron chi connectivity index (χ4n) is 5.31. The first kappa shape index (κ1) is 31.7. The fourth-order valence-corrected chi connectivity index (χ4v) is 1510. The number of hydrogen-bond acceptors (Lipinski definition) is 6. The van der Waals surface area contributed by atoms with E-state index in [4.69, 9.17) is 0 Å². The molecule has 0 aromatic heterocycles. The molecular weight excluding hydrogens is 1050 g/mol. The van der Waals surface area contributed by atoms with Crippen LogP contribution >= 0.6 is 36.8 Å². The summed E-state index contributed by atoms with van der Waals surface area (Å²) >= 11 is -12.3. The van der Waals surface area contributed by atoms with Crippen LogP contribution in [0.25, 0.3) is 24.3 Å². The Labute approximate surface area is 272 Å². The Hall–Kier alpha value is 1.13. The molecule has 0 nitrogen and oxygen atoms in total. The zero-order chi connectivity index (χ0) is 29.0. The van der Waals surface area contributed by atoms with Gasteiger partial charge in [0.05, 0.1) is 0 Å². The van der Waals surface area contributed by atoms with E-state index >= 15 is 0 Å². The second kappa shape index (κ2) is 12.6. The Bertz CT molecular complexity index is 1410. The average molecular weight is 1080 g/mol. The molecule has 4 heterocycles. The van der Waals surface area contributed by atoms with Gasteiger partial charge in [-0.05, 0) is 0 Å². The molecule has 0 N–H and O–H groups in total. The molecule has 4 aliphatic heterocycles. The van der Waals surface area contributed by atoms with Gasteiger partial charge >= 0.3 is 278 Å². The summed E-state index contributed by atoms with van der Waals surface area (Å²) in [7, 11) is 0. The molecule has 0 amide bonds. The van der Waals surface area contributed by atoms with Gasteiger partial charge in [-0.25, -0.2) is 0 Å². The Morgan fingerprint density at radius 3 is 0.619 bits per heavy atom. The van der Waals surface area contributed by atoms with Gasteiger partial charge in [-0.1, -0.05) is 0 Å². The summed E-state index contributed by atoms with van der Waals surface area (Å²) in [6.45, 7) is 16.2. The van der Waals surface area contributed by atoms with Crippen LogP contribution in [0.1, 0.15) is 22.3 Å². The van der Waals surface area contributed by atoms with Crippen LogP contribution in [0.5, 0.6) is 0 Å². The van der Waals surface area contributed by atoms with Crippen LogP contribution in [0.4, 0.5) is 0 Å². The van der Waals surface area contributed by atoms with Crippen molar-refractivity contribution in [3.63, 3.8) is 0 Å². The van der Waals surface area contributed by atoms with E-state index in [0.29, 0.717) is 0 Å². The molecule has 0 saturated carbocycles. The van der Waals surface area contributed by atoms with Crippen molar-refractivity contribution in [3.05, 3.63) is 146 Å². The predicted molar refractivity (Wildman–Crippen MR) is 213 cm³/mol. The Morgan fingerprint density at radius 2 is 0.476 bits per heavy atom. The van der Waals surface area contributed by atoms with Gasteiger partial charge in [0, 0.05) is 0 Å². The maximum absolute atomic E-state index is 4.05. The molecular formula is C32H28S6Sn4. The summed E-state index contributed by atoms with van der Waals surface area (Å²) in [5.74, 6) is 0. The van der Waals surface area contributed by atoms with Crippen molar-refractivity contribution in [3.8, 4) is 0 Å². The van der Waals surface area contributed by atoms with Crippen LogP contribution in [0.15, 0.2) is 123 Å². The SMILES string of the molecule is C=Cc1cc[c]([Sn]23[S][Sn]4([c]5ccc(C=C)cc5)[S][Sn]([c]5ccc(C=C)cc5)([S]2)[S][Sn]([c]2ccc(C=C)cc2)([S]3)[S]4)cc1. The van der Waals surface area contributed by atoms with E-state index in [0.717, 1.165) is 0 Å². The Balaban J connectivity index is 1.49. The molecule has 4 saturated heterocycles. The third kappa shape index (κ3) is 5.56. The van der Waals surface area contributed by atoms with Crippen LogP contribution in [-0.4, -0.2) is 56.9 Å². The van der Waals surface area contributed by atoms with Crippen LogP contribution in [-0.2, 0) is 0 Å². The minimum atomic E-state index is -3.07. The van der Waals surface area contributed by atoms with E-state index in [-0.39, 0.29) is 0 Å². The monoisotopic (exact) mass is 1080 g/mol. The van der Waals surface area contributed by atoms with E-state index in [1.807, 2.05) is 24.3 Å². The second-order valence-electron chi connectivity index (χ2n) is 10.1. The molecule has 8 rings (SSSR count). The van der Waals surface area contributed by atoms with Gasteiger partial charge in [0.1, 0.15) is 0 Å². The first-order valence-corrected chi connectivity index (χ1v) is 66.1. The van der Waals surface area contributed by atoms with Crippen LogP contribution in [0.3, 0.4) is 0 Å². The second-order valence-corrected chi connectivity index (χ2v) is 182. The quantitative estimate of drug-likeness (QED) is 0.162. The van der Waals surface area contributed by atoms with Gasteiger partial charge in [-0.3, -0.25) is 0 Å². The molecule has 0 unspecified atom stereocenters. The zero-order valence-corrected chi connectivity index (χ0v) is 39.1. The number of hydrogen-bond donors (Lipinski definition) is 0. The van der Waals surface area contributed by atoms with Crippen LogP contribution < -0.4 is 14.3 Å². The van der Waals surface area contributed by atoms with Crippen molar-refractivity contribution in [2.45, 2.75) is 0 Å². The van der Waals surface area contributed by atoms with Crippen molar-refractivity contribution in [2.24, 2.45) is 0 Å². The Morgan fingerprint density at radius 1 is 0.310 bits per heavy atom. The summed E-state index contributed by atoms with van der Waals surface area (Å²) in [5.41, 5.74) is 4.90. The molecule has 4 bridgehead atoms. The molecule has 0 aliphatic carbocycles. The van der Waals surface area contributed by atoms with Crippen LogP contribution in [0, 0.1) is 0 Å². The van der Waals surface area contributed by atoms with Gasteiger partial charge in [-0.15, -0.1) is 0 Å². The van der Waals surface area contributed by atoms with E-state index < -0.39 is 56.9 Å². The first-order valence-electron chi connectivity index (χ1n) is 13.5. The molecule has 4 aromatic carbocycles. The van der Waals surface area contributed by atoms with Crippen molar-refractivity contribution in [2.75, 3.05) is 0 Å². The van der Waals surface area contributed by atoms with Gasteiger partial charge in [0.25, 0.3) is 0 Å². The molecule has 0 radical (unpaired) electrons. The zero-order valence-electron chi connectivity index (χ0n) is 22.8. The minimum absolute atomic E-state index is 1.22. The molecule has 4 aliphatic rings. The fraction of sp³-hybridized carbons (Fsp3) is 0. The van der Waals surface area contributed by atoms with Crippen molar-refractivity contribution >= 4 is 132 Å². The van der Waals surface area contributed by atoms with E-state index in [1.165, 1.54) is 22.3 Å². The number of rotatable bonds is 8. The summed E-state index contributed by atoms with van der Waals surface area (Å²) in [4.78, 5) is 0. The summed E-state index contributed by atoms with van der Waals surface area (Å²) < 4.78 is 6.80. The van der Waals surface area contributed by atoms with Crippen molar-refractivity contribution < 1.29 is 0 Å². The van der Waals surface area contributed by atoms with Gasteiger partial charge in [0.15, 0.2) is 0 Å². The molecule has 4 aromatic rings. The summed E-state index contributed by atoms with van der Waals surface area (Å²) in [5, 5.41) is 0.